The van der Waals surface area contributed by atoms with Crippen LogP contribution in [0.4, 0.5) is 0 Å². The van der Waals surface area contributed by atoms with E-state index in [0.717, 1.165) is 42.9 Å². The van der Waals surface area contributed by atoms with Crippen molar-refractivity contribution in [2.75, 3.05) is 20.6 Å². The minimum atomic E-state index is 0. The van der Waals surface area contributed by atoms with E-state index >= 15 is 0 Å². The van der Waals surface area contributed by atoms with Crippen molar-refractivity contribution in [3.63, 3.8) is 0 Å². The van der Waals surface area contributed by atoms with Crippen LogP contribution in [-0.2, 0) is 13.1 Å². The van der Waals surface area contributed by atoms with E-state index in [1.165, 1.54) is 5.56 Å². The summed E-state index contributed by atoms with van der Waals surface area (Å²) in [5, 5.41) is 3.38. The van der Waals surface area contributed by atoms with Crippen LogP contribution in [0.3, 0.4) is 0 Å². The Morgan fingerprint density at radius 1 is 1.19 bits per heavy atom. The first-order valence-electron chi connectivity index (χ1n) is 8.42. The number of unbranched alkanes of at least 4 members (excludes halogenated alkanes) is 1. The number of aromatic nitrogens is 1. The number of aryl methyl sites for hydroxylation is 1. The van der Waals surface area contributed by atoms with E-state index in [-0.39, 0.29) is 29.5 Å². The molecule has 1 aromatic heterocycles. The number of benzene rings is 1. The quantitative estimate of drug-likeness (QED) is 0.256. The maximum atomic E-state index is 11.6. The molecule has 0 aliphatic heterocycles. The Bertz CT molecular complexity index is 763. The molecule has 142 valence electrons. The van der Waals surface area contributed by atoms with E-state index in [9.17, 15) is 4.79 Å². The lowest BCUT2D eigenvalue weighted by atomic mass is 10.2. The van der Waals surface area contributed by atoms with E-state index in [1.54, 1.807) is 23.7 Å². The van der Waals surface area contributed by atoms with Gasteiger partial charge in [-0.15, -0.1) is 24.0 Å². The number of hydrogen-bond acceptors (Lipinski definition) is 2. The Labute approximate surface area is 180 Å². The van der Waals surface area contributed by atoms with E-state index in [2.05, 4.69) is 37.2 Å². The minimum absolute atomic E-state index is 0. The molecule has 2 rings (SSSR count). The van der Waals surface area contributed by atoms with Crippen molar-refractivity contribution in [3.05, 3.63) is 69.1 Å². The summed E-state index contributed by atoms with van der Waals surface area (Å²) in [7, 11) is 3.82. The average Bonchev–Trinajstić information content (AvgIpc) is 2.61. The first-order chi connectivity index (χ1) is 12.1. The highest BCUT2D eigenvalue weighted by molar-refractivity contribution is 14.0. The molecule has 7 heteroatoms. The third-order valence-electron chi connectivity index (χ3n) is 3.95. The first kappa shape index (κ1) is 22.7. The fourth-order valence-corrected chi connectivity index (χ4v) is 3.00. The van der Waals surface area contributed by atoms with Gasteiger partial charge < -0.3 is 14.8 Å². The topological polar surface area (TPSA) is 49.6 Å². The van der Waals surface area contributed by atoms with Crippen LogP contribution >= 0.6 is 39.9 Å². The van der Waals surface area contributed by atoms with Gasteiger partial charge in [0.05, 0.1) is 0 Å². The molecule has 0 atom stereocenters. The van der Waals surface area contributed by atoms with Crippen LogP contribution in [-0.4, -0.2) is 36.1 Å². The second-order valence-electron chi connectivity index (χ2n) is 5.86. The van der Waals surface area contributed by atoms with Crippen molar-refractivity contribution >= 4 is 45.9 Å². The zero-order valence-corrected chi connectivity index (χ0v) is 19.1. The van der Waals surface area contributed by atoms with Gasteiger partial charge in [0.2, 0.25) is 5.56 Å². The number of nitrogens with one attached hydrogen (secondary N) is 1. The van der Waals surface area contributed by atoms with E-state index in [4.69, 9.17) is 0 Å². The molecular weight excluding hydrogens is 507 g/mol. The second-order valence-corrected chi connectivity index (χ2v) is 6.72. The lowest BCUT2D eigenvalue weighted by Gasteiger charge is -2.22. The van der Waals surface area contributed by atoms with Gasteiger partial charge in [-0.1, -0.05) is 40.2 Å². The van der Waals surface area contributed by atoms with Crippen LogP contribution in [0.15, 0.2) is 62.9 Å². The first-order valence-corrected chi connectivity index (χ1v) is 9.22. The minimum Gasteiger partial charge on any atom is -0.356 e. The van der Waals surface area contributed by atoms with Crippen LogP contribution in [0.1, 0.15) is 18.4 Å². The Morgan fingerprint density at radius 3 is 2.62 bits per heavy atom. The molecule has 1 heterocycles. The lowest BCUT2D eigenvalue weighted by Crippen LogP contribution is -2.39. The third kappa shape index (κ3) is 7.11. The molecule has 2 aromatic rings. The summed E-state index contributed by atoms with van der Waals surface area (Å²) in [5.74, 6) is 0.868. The van der Waals surface area contributed by atoms with Crippen LogP contribution in [0.2, 0.25) is 0 Å². The van der Waals surface area contributed by atoms with Crippen molar-refractivity contribution < 1.29 is 0 Å². The summed E-state index contributed by atoms with van der Waals surface area (Å²) < 4.78 is 2.85. The third-order valence-corrected chi connectivity index (χ3v) is 4.72. The summed E-state index contributed by atoms with van der Waals surface area (Å²) >= 11 is 3.58. The molecule has 0 radical (unpaired) electrons. The van der Waals surface area contributed by atoms with Gasteiger partial charge in [-0.05, 0) is 30.5 Å². The molecule has 0 unspecified atom stereocenters. The Balaban J connectivity index is 0.00000338. The molecule has 26 heavy (non-hydrogen) atoms. The molecule has 0 bridgehead atoms. The lowest BCUT2D eigenvalue weighted by molar-refractivity contribution is 0.472. The van der Waals surface area contributed by atoms with Crippen LogP contribution in [0.25, 0.3) is 0 Å². The highest BCUT2D eigenvalue weighted by Gasteiger charge is 2.08. The molecule has 0 fully saturated rings. The van der Waals surface area contributed by atoms with Crippen LogP contribution in [0.5, 0.6) is 0 Å². The number of pyridine rings is 1. The second kappa shape index (κ2) is 12.1. The summed E-state index contributed by atoms with van der Waals surface area (Å²) in [5.41, 5.74) is 1.27. The maximum absolute atomic E-state index is 11.6. The van der Waals surface area contributed by atoms with Gasteiger partial charge >= 0.3 is 0 Å². The van der Waals surface area contributed by atoms with Gasteiger partial charge in [0.15, 0.2) is 5.96 Å². The molecule has 0 spiro atoms. The summed E-state index contributed by atoms with van der Waals surface area (Å²) in [6.45, 7) is 2.35. The molecule has 1 aromatic carbocycles. The monoisotopic (exact) mass is 532 g/mol. The van der Waals surface area contributed by atoms with E-state index in [1.807, 2.05) is 37.5 Å². The fraction of sp³-hybridized carbons (Fsp3) is 0.368. The average molecular weight is 533 g/mol. The number of rotatable bonds is 7. The Hall–Kier alpha value is -1.35. The van der Waals surface area contributed by atoms with Gasteiger partial charge in [-0.2, -0.15) is 0 Å². The Kier molecular flexibility index (Phi) is 10.6. The molecular formula is C19H26BrIN4O. The van der Waals surface area contributed by atoms with Gasteiger partial charge in [0.1, 0.15) is 0 Å². The highest BCUT2D eigenvalue weighted by atomic mass is 127. The fourth-order valence-electron chi connectivity index (χ4n) is 2.59. The summed E-state index contributed by atoms with van der Waals surface area (Å²) in [6, 6.07) is 13.4. The molecule has 0 aliphatic carbocycles. The number of hydrogen-bond donors (Lipinski definition) is 1. The van der Waals surface area contributed by atoms with Crippen molar-refractivity contribution in [1.29, 1.82) is 0 Å². The predicted octanol–water partition coefficient (Wildman–Crippen LogP) is 3.72. The summed E-state index contributed by atoms with van der Waals surface area (Å²) in [6.07, 6.45) is 3.76. The van der Waals surface area contributed by atoms with Gasteiger partial charge in [-0.25, -0.2) is 0 Å². The van der Waals surface area contributed by atoms with Crippen LogP contribution < -0.4 is 10.9 Å². The van der Waals surface area contributed by atoms with Crippen molar-refractivity contribution in [2.24, 2.45) is 4.99 Å². The molecule has 1 N–H and O–H groups in total. The van der Waals surface area contributed by atoms with E-state index < -0.39 is 0 Å². The molecule has 5 nitrogen and oxygen atoms in total. The van der Waals surface area contributed by atoms with E-state index in [0.29, 0.717) is 0 Å². The largest absolute Gasteiger partial charge is 0.356 e. The Morgan fingerprint density at radius 2 is 1.92 bits per heavy atom. The number of guanidine groups is 1. The standard InChI is InChI=1S/C19H25BrN4O.HI/c1-21-19(23(2)15-16-9-3-4-10-17(16)20)22-12-6-8-14-24-13-7-5-11-18(24)25;/h3-5,7,9-11,13H,6,8,12,14-15H2,1-2H3,(H,21,22);1H. The normalized spacial score (nSPS) is 11.0. The smallest absolute Gasteiger partial charge is 0.250 e. The van der Waals surface area contributed by atoms with Crippen molar-refractivity contribution in [3.8, 4) is 0 Å². The maximum Gasteiger partial charge on any atom is 0.250 e. The van der Waals surface area contributed by atoms with Gasteiger partial charge in [-0.3, -0.25) is 9.79 Å². The van der Waals surface area contributed by atoms with Crippen molar-refractivity contribution in [1.82, 2.24) is 14.8 Å². The molecule has 0 saturated carbocycles. The zero-order valence-electron chi connectivity index (χ0n) is 15.2. The molecule has 0 aliphatic rings. The van der Waals surface area contributed by atoms with Gasteiger partial charge in [0.25, 0.3) is 0 Å². The van der Waals surface area contributed by atoms with Gasteiger partial charge in [0, 0.05) is 50.5 Å². The molecule has 0 saturated heterocycles. The number of aliphatic imine (C=N–C) groups is 1. The zero-order chi connectivity index (χ0) is 18.1. The number of nitrogens with zero attached hydrogens (tertiary/aromatic N) is 3. The molecule has 0 amide bonds. The van der Waals surface area contributed by atoms with Crippen LogP contribution in [0, 0.1) is 0 Å². The summed E-state index contributed by atoms with van der Waals surface area (Å²) in [4.78, 5) is 18.1. The van der Waals surface area contributed by atoms with Crippen molar-refractivity contribution in [2.45, 2.75) is 25.9 Å². The predicted molar refractivity (Wildman–Crippen MR) is 122 cm³/mol. The number of halogens is 2. The SMILES string of the molecule is CN=C(NCCCCn1ccccc1=O)N(C)Cc1ccccc1Br.I. The highest BCUT2D eigenvalue weighted by Crippen LogP contribution is 2.17.